The van der Waals surface area contributed by atoms with E-state index in [0.29, 0.717) is 0 Å². The lowest BCUT2D eigenvalue weighted by molar-refractivity contribution is -0.361. The maximum Gasteiger partial charge on any atom is 0.235 e. The summed E-state index contributed by atoms with van der Waals surface area (Å²) in [4.78, 5) is 0. The first kappa shape index (κ1) is 16.2. The molecule has 0 atom stereocenters. The normalized spacial score (nSPS) is 26.2. The van der Waals surface area contributed by atoms with Gasteiger partial charge in [0.05, 0.1) is 22.1 Å². The second-order valence-corrected chi connectivity index (χ2v) is 9.83. The van der Waals surface area contributed by atoms with Crippen LogP contribution in [0.4, 0.5) is 5.69 Å². The molecule has 0 bridgehead atoms. The molecule has 0 radical (unpaired) electrons. The van der Waals surface area contributed by atoms with Crippen LogP contribution in [0.1, 0.15) is 70.9 Å². The van der Waals surface area contributed by atoms with Crippen LogP contribution in [0.2, 0.25) is 0 Å². The quantitative estimate of drug-likeness (QED) is 0.435. The van der Waals surface area contributed by atoms with Crippen LogP contribution in [-0.4, -0.2) is 16.1 Å². The van der Waals surface area contributed by atoms with Crippen molar-refractivity contribution in [3.63, 3.8) is 0 Å². The molecular formula is C23H27NO2. The smallest absolute Gasteiger partial charge is 0.235 e. The third-order valence-electron chi connectivity index (χ3n) is 6.52. The summed E-state index contributed by atoms with van der Waals surface area (Å²) in [5.74, 6) is 0.867. The minimum absolute atomic E-state index is 0.0843. The van der Waals surface area contributed by atoms with Gasteiger partial charge >= 0.3 is 0 Å². The van der Waals surface area contributed by atoms with Crippen LogP contribution >= 0.6 is 0 Å². The lowest BCUT2D eigenvalue weighted by Gasteiger charge is -2.36. The Morgan fingerprint density at radius 1 is 1.08 bits per heavy atom. The van der Waals surface area contributed by atoms with Crippen LogP contribution in [0.15, 0.2) is 24.3 Å². The van der Waals surface area contributed by atoms with Gasteiger partial charge in [0.1, 0.15) is 11.4 Å². The van der Waals surface area contributed by atoms with Gasteiger partial charge < -0.3 is 9.94 Å². The van der Waals surface area contributed by atoms with E-state index in [-0.39, 0.29) is 16.4 Å². The topological polar surface area (TPSA) is 35.3 Å². The lowest BCUT2D eigenvalue weighted by Crippen LogP contribution is -2.36. The highest BCUT2D eigenvalue weighted by Crippen LogP contribution is 2.53. The van der Waals surface area contributed by atoms with Gasteiger partial charge in [0.15, 0.2) is 0 Å². The minimum Gasteiger partial charge on any atom is -0.618 e. The van der Waals surface area contributed by atoms with E-state index in [1.165, 1.54) is 17.6 Å². The maximum atomic E-state index is 13.4. The van der Waals surface area contributed by atoms with E-state index in [4.69, 9.17) is 4.74 Å². The molecule has 3 heteroatoms. The summed E-state index contributed by atoms with van der Waals surface area (Å²) < 4.78 is 7.61. The Labute approximate surface area is 155 Å². The van der Waals surface area contributed by atoms with Crippen molar-refractivity contribution in [2.24, 2.45) is 10.8 Å². The molecule has 26 heavy (non-hydrogen) atoms. The zero-order valence-electron chi connectivity index (χ0n) is 16.2. The molecular weight excluding hydrogens is 322 g/mol. The van der Waals surface area contributed by atoms with Crippen molar-refractivity contribution in [2.75, 3.05) is 0 Å². The third kappa shape index (κ3) is 2.09. The first-order chi connectivity index (χ1) is 12.2. The molecule has 3 nitrogen and oxygen atoms in total. The third-order valence-corrected chi connectivity index (χ3v) is 6.52. The summed E-state index contributed by atoms with van der Waals surface area (Å²) in [5.41, 5.74) is 4.61. The minimum atomic E-state index is -0.146. The zero-order chi connectivity index (χ0) is 18.3. The molecule has 0 aromatic heterocycles. The first-order valence-electron chi connectivity index (χ1n) is 9.85. The van der Waals surface area contributed by atoms with Crippen LogP contribution in [0, 0.1) is 16.0 Å². The van der Waals surface area contributed by atoms with Gasteiger partial charge in [-0.1, -0.05) is 19.9 Å². The summed E-state index contributed by atoms with van der Waals surface area (Å²) in [6, 6.07) is 4.17. The summed E-state index contributed by atoms with van der Waals surface area (Å²) in [5, 5.41) is 13.4. The molecule has 0 saturated heterocycles. The van der Waals surface area contributed by atoms with Crippen molar-refractivity contribution >= 4 is 23.0 Å². The molecule has 2 heterocycles. The monoisotopic (exact) mass is 349 g/mol. The molecule has 136 valence electrons. The summed E-state index contributed by atoms with van der Waals surface area (Å²) >= 11 is 0. The van der Waals surface area contributed by atoms with Crippen molar-refractivity contribution < 1.29 is 9.48 Å². The van der Waals surface area contributed by atoms with Crippen LogP contribution in [-0.2, 0) is 0 Å². The standard InChI is InChI=1S/C23H27NO2/c1-21(2)13-17-15-7-8-18-16(9-12-23(26-18)10-5-6-11-23)19(15)24(25)20(17)22(3,4)14-21/h7-9,12-13H,5-6,10-11,14H2,1-4H3. The number of rotatable bonds is 0. The fourth-order valence-electron chi connectivity index (χ4n) is 5.80. The number of fused-ring (bicyclic) bond motifs is 5. The molecule has 5 rings (SSSR count). The van der Waals surface area contributed by atoms with Crippen LogP contribution < -0.4 is 4.74 Å². The summed E-state index contributed by atoms with van der Waals surface area (Å²) in [6.45, 7) is 8.91. The second-order valence-electron chi connectivity index (χ2n) is 9.83. The van der Waals surface area contributed by atoms with Crippen LogP contribution in [0.25, 0.3) is 11.6 Å². The van der Waals surface area contributed by atoms with E-state index >= 15 is 0 Å². The Bertz CT molecular complexity index is 908. The van der Waals surface area contributed by atoms with E-state index in [9.17, 15) is 5.21 Å². The number of hydrogen-bond acceptors (Lipinski definition) is 2. The van der Waals surface area contributed by atoms with Gasteiger partial charge in [-0.2, -0.15) is 4.74 Å². The SMILES string of the molecule is CC1(C)C=C2C(=[N+]([O-])c3c2ccc2c3C=CC3(CCCC3)O2)C(C)(C)C1. The Kier molecular flexibility index (Phi) is 3.00. The van der Waals surface area contributed by atoms with Gasteiger partial charge in [0, 0.05) is 0 Å². The fraction of sp³-hybridized carbons (Fsp3) is 0.522. The van der Waals surface area contributed by atoms with Crippen LogP contribution in [0.3, 0.4) is 0 Å². The Morgan fingerprint density at radius 2 is 1.81 bits per heavy atom. The average Bonchev–Trinajstić information content (AvgIpc) is 3.09. The van der Waals surface area contributed by atoms with E-state index in [1.807, 2.05) is 0 Å². The van der Waals surface area contributed by atoms with Crippen molar-refractivity contribution in [3.8, 4) is 5.75 Å². The van der Waals surface area contributed by atoms with Crippen molar-refractivity contribution in [2.45, 2.75) is 65.4 Å². The van der Waals surface area contributed by atoms with Gasteiger partial charge in [-0.05, 0) is 75.7 Å². The molecule has 1 saturated carbocycles. The Hall–Kier alpha value is -2.03. The predicted octanol–water partition coefficient (Wildman–Crippen LogP) is 5.84. The van der Waals surface area contributed by atoms with E-state index in [2.05, 4.69) is 58.1 Å². The highest BCUT2D eigenvalue weighted by atomic mass is 16.5. The van der Waals surface area contributed by atoms with Gasteiger partial charge in [-0.15, -0.1) is 0 Å². The number of hydrogen-bond donors (Lipinski definition) is 0. The van der Waals surface area contributed by atoms with Gasteiger partial charge in [0.25, 0.3) is 0 Å². The van der Waals surface area contributed by atoms with Gasteiger partial charge in [-0.3, -0.25) is 0 Å². The predicted molar refractivity (Wildman–Crippen MR) is 106 cm³/mol. The van der Waals surface area contributed by atoms with E-state index in [1.54, 1.807) is 0 Å². The maximum absolute atomic E-state index is 13.4. The number of benzene rings is 1. The van der Waals surface area contributed by atoms with Crippen molar-refractivity contribution in [1.82, 2.24) is 0 Å². The first-order valence-corrected chi connectivity index (χ1v) is 9.85. The van der Waals surface area contributed by atoms with Gasteiger partial charge in [0.2, 0.25) is 11.4 Å². The fourth-order valence-corrected chi connectivity index (χ4v) is 5.80. The Balaban J connectivity index is 1.71. The van der Waals surface area contributed by atoms with E-state index in [0.717, 1.165) is 53.1 Å². The van der Waals surface area contributed by atoms with Crippen molar-refractivity contribution in [3.05, 3.63) is 40.6 Å². The molecule has 2 aliphatic carbocycles. The molecule has 0 amide bonds. The molecule has 1 aromatic rings. The highest BCUT2D eigenvalue weighted by molar-refractivity contribution is 6.28. The molecule has 1 spiro atoms. The summed E-state index contributed by atoms with van der Waals surface area (Å²) in [7, 11) is 0. The average molecular weight is 349 g/mol. The lowest BCUT2D eigenvalue weighted by atomic mass is 9.65. The number of allylic oxidation sites excluding steroid dienone is 2. The molecule has 0 unspecified atom stereocenters. The van der Waals surface area contributed by atoms with E-state index < -0.39 is 0 Å². The largest absolute Gasteiger partial charge is 0.618 e. The Morgan fingerprint density at radius 3 is 2.54 bits per heavy atom. The molecule has 1 aromatic carbocycles. The molecule has 1 fully saturated rings. The van der Waals surface area contributed by atoms with Gasteiger partial charge in [-0.25, -0.2) is 0 Å². The molecule has 4 aliphatic rings. The van der Waals surface area contributed by atoms with Crippen LogP contribution in [0.5, 0.6) is 5.75 Å². The summed E-state index contributed by atoms with van der Waals surface area (Å²) in [6.07, 6.45) is 12.2. The second kappa shape index (κ2) is 4.82. The molecule has 0 N–H and O–H groups in total. The number of ether oxygens (including phenoxy) is 1. The number of nitrogens with zero attached hydrogens (tertiary/aromatic N) is 1. The highest BCUT2D eigenvalue weighted by Gasteiger charge is 2.49. The van der Waals surface area contributed by atoms with Crippen molar-refractivity contribution in [1.29, 1.82) is 0 Å². The molecule has 2 aliphatic heterocycles. The zero-order valence-corrected chi connectivity index (χ0v) is 16.2.